The molecule has 0 aromatic heterocycles. The maximum Gasteiger partial charge on any atom is 0.351 e. The number of carbonyl (C=O) groups excluding carboxylic acids is 1. The van der Waals surface area contributed by atoms with Crippen molar-refractivity contribution in [3.05, 3.63) is 42.0 Å². The molecule has 6 heteroatoms. The molecule has 6 nitrogen and oxygen atoms in total. The molecule has 0 atom stereocenters. The molecule has 0 radical (unpaired) electrons. The van der Waals surface area contributed by atoms with Gasteiger partial charge in [-0.1, -0.05) is 6.07 Å². The summed E-state index contributed by atoms with van der Waals surface area (Å²) in [5, 5.41) is 28.7. The van der Waals surface area contributed by atoms with Crippen LogP contribution < -0.4 is 9.47 Å². The Morgan fingerprint density at radius 1 is 1.00 bits per heavy atom. The van der Waals surface area contributed by atoms with Gasteiger partial charge in [0.25, 0.3) is 0 Å². The van der Waals surface area contributed by atoms with Crippen LogP contribution in [0.2, 0.25) is 0 Å². The molecule has 0 aliphatic carbocycles. The maximum absolute atomic E-state index is 11.9. The molecule has 2 rings (SSSR count). The molecule has 0 amide bonds. The molecule has 0 aliphatic heterocycles. The van der Waals surface area contributed by atoms with Crippen LogP contribution in [0.3, 0.4) is 0 Å². The van der Waals surface area contributed by atoms with Crippen molar-refractivity contribution in [3.63, 3.8) is 0 Å². The molecule has 2 aromatic rings. The zero-order valence-corrected chi connectivity index (χ0v) is 10.5. The average molecular weight is 276 g/mol. The highest BCUT2D eigenvalue weighted by atomic mass is 16.5. The zero-order valence-electron chi connectivity index (χ0n) is 10.5. The number of esters is 1. The smallest absolute Gasteiger partial charge is 0.351 e. The molecule has 0 saturated heterocycles. The second kappa shape index (κ2) is 5.40. The van der Waals surface area contributed by atoms with E-state index in [0.29, 0.717) is 0 Å². The van der Waals surface area contributed by atoms with Crippen LogP contribution in [0.5, 0.6) is 28.7 Å². The van der Waals surface area contributed by atoms with Crippen LogP contribution in [0, 0.1) is 0 Å². The minimum atomic E-state index is -0.940. The highest BCUT2D eigenvalue weighted by Crippen LogP contribution is 2.32. The summed E-state index contributed by atoms with van der Waals surface area (Å²) in [5.74, 6) is -1.64. The van der Waals surface area contributed by atoms with Crippen LogP contribution in [0.15, 0.2) is 36.4 Å². The highest BCUT2D eigenvalue weighted by molar-refractivity contribution is 5.96. The number of phenols is 3. The fraction of sp³-hybridized carbons (Fsp3) is 0.0714. The number of rotatable bonds is 3. The molecular formula is C14H12O6. The van der Waals surface area contributed by atoms with E-state index in [1.165, 1.54) is 43.5 Å². The lowest BCUT2D eigenvalue weighted by Gasteiger charge is -2.09. The first-order valence-corrected chi connectivity index (χ1v) is 5.63. The molecule has 0 unspecified atom stereocenters. The summed E-state index contributed by atoms with van der Waals surface area (Å²) in [6.45, 7) is 0. The Morgan fingerprint density at radius 3 is 2.20 bits per heavy atom. The molecule has 0 saturated carbocycles. The fourth-order valence-electron chi connectivity index (χ4n) is 1.63. The summed E-state index contributed by atoms with van der Waals surface area (Å²) in [6, 6.07) is 7.91. The van der Waals surface area contributed by atoms with Gasteiger partial charge in [-0.3, -0.25) is 0 Å². The Bertz CT molecular complexity index is 630. The Balaban J connectivity index is 2.26. The zero-order chi connectivity index (χ0) is 14.7. The van der Waals surface area contributed by atoms with Gasteiger partial charge < -0.3 is 24.8 Å². The number of carbonyl (C=O) groups is 1. The standard InChI is InChI=1S/C14H12O6/c1-19-12-6-5-8(7-11(12)17)20-14(18)13-9(15)3-2-4-10(13)16/h2-7,15-17H,1H3. The van der Waals surface area contributed by atoms with Crippen molar-refractivity contribution in [2.24, 2.45) is 0 Å². The van der Waals surface area contributed by atoms with Crippen molar-refractivity contribution in [1.82, 2.24) is 0 Å². The SMILES string of the molecule is COc1ccc(OC(=O)c2c(O)cccc2O)cc1O. The molecule has 0 fully saturated rings. The number of aromatic hydroxyl groups is 3. The van der Waals surface area contributed by atoms with E-state index in [4.69, 9.17) is 9.47 Å². The van der Waals surface area contributed by atoms with E-state index < -0.39 is 17.5 Å². The first-order chi connectivity index (χ1) is 9.52. The van der Waals surface area contributed by atoms with Gasteiger partial charge >= 0.3 is 5.97 Å². The average Bonchev–Trinajstić information content (AvgIpc) is 2.38. The van der Waals surface area contributed by atoms with E-state index in [0.717, 1.165) is 0 Å². The van der Waals surface area contributed by atoms with E-state index in [1.54, 1.807) is 0 Å². The third-order valence-corrected chi connectivity index (χ3v) is 2.59. The first kappa shape index (κ1) is 13.5. The monoisotopic (exact) mass is 276 g/mol. The van der Waals surface area contributed by atoms with E-state index in [2.05, 4.69) is 0 Å². The quantitative estimate of drug-likeness (QED) is 0.586. The number of methoxy groups -OCH3 is 1. The van der Waals surface area contributed by atoms with Gasteiger partial charge in [-0.2, -0.15) is 0 Å². The summed E-state index contributed by atoms with van der Waals surface area (Å²) >= 11 is 0. The molecule has 3 N–H and O–H groups in total. The predicted octanol–water partition coefficient (Wildman–Crippen LogP) is 2.03. The third-order valence-electron chi connectivity index (χ3n) is 2.59. The normalized spacial score (nSPS) is 10.1. The van der Waals surface area contributed by atoms with Gasteiger partial charge in [-0.05, 0) is 24.3 Å². The van der Waals surface area contributed by atoms with Crippen LogP contribution in [0.1, 0.15) is 10.4 Å². The summed E-state index contributed by atoms with van der Waals surface area (Å²) in [6.07, 6.45) is 0. The summed E-state index contributed by atoms with van der Waals surface area (Å²) in [4.78, 5) is 11.9. The van der Waals surface area contributed by atoms with Gasteiger partial charge in [0.05, 0.1) is 7.11 Å². The molecule has 0 spiro atoms. The summed E-state index contributed by atoms with van der Waals surface area (Å²) < 4.78 is 9.83. The Kier molecular flexibility index (Phi) is 3.65. The van der Waals surface area contributed by atoms with Crippen LogP contribution in [-0.2, 0) is 0 Å². The summed E-state index contributed by atoms with van der Waals surface area (Å²) in [7, 11) is 1.39. The van der Waals surface area contributed by atoms with Crippen molar-refractivity contribution in [3.8, 4) is 28.7 Å². The molecule has 0 heterocycles. The van der Waals surface area contributed by atoms with Gasteiger partial charge in [0.1, 0.15) is 22.8 Å². The Labute approximate surface area is 114 Å². The van der Waals surface area contributed by atoms with Gasteiger partial charge in [0, 0.05) is 6.07 Å². The van der Waals surface area contributed by atoms with Crippen LogP contribution in [0.25, 0.3) is 0 Å². The van der Waals surface area contributed by atoms with Gasteiger partial charge in [0.15, 0.2) is 11.5 Å². The minimum Gasteiger partial charge on any atom is -0.507 e. The molecule has 0 aliphatic rings. The Morgan fingerprint density at radius 2 is 1.65 bits per heavy atom. The molecular weight excluding hydrogens is 264 g/mol. The summed E-state index contributed by atoms with van der Waals surface area (Å²) in [5.41, 5.74) is -0.345. The lowest BCUT2D eigenvalue weighted by atomic mass is 10.2. The number of benzene rings is 2. The number of hydrogen-bond acceptors (Lipinski definition) is 6. The third kappa shape index (κ3) is 2.59. The second-order valence-corrected chi connectivity index (χ2v) is 3.89. The lowest BCUT2D eigenvalue weighted by Crippen LogP contribution is -2.09. The molecule has 2 aromatic carbocycles. The van der Waals surface area contributed by atoms with Crippen molar-refractivity contribution in [2.45, 2.75) is 0 Å². The van der Waals surface area contributed by atoms with Crippen LogP contribution >= 0.6 is 0 Å². The molecule has 104 valence electrons. The largest absolute Gasteiger partial charge is 0.507 e. The van der Waals surface area contributed by atoms with Gasteiger partial charge in [-0.15, -0.1) is 0 Å². The lowest BCUT2D eigenvalue weighted by molar-refractivity contribution is 0.0728. The van der Waals surface area contributed by atoms with E-state index >= 15 is 0 Å². The van der Waals surface area contributed by atoms with Crippen LogP contribution in [0.4, 0.5) is 0 Å². The van der Waals surface area contributed by atoms with Crippen molar-refractivity contribution < 1.29 is 29.6 Å². The number of phenolic OH excluding ortho intramolecular Hbond substituents is 3. The minimum absolute atomic E-state index is 0.0518. The van der Waals surface area contributed by atoms with E-state index in [-0.39, 0.29) is 22.8 Å². The highest BCUT2D eigenvalue weighted by Gasteiger charge is 2.18. The number of hydrogen-bond donors (Lipinski definition) is 3. The van der Waals surface area contributed by atoms with Gasteiger partial charge in [-0.25, -0.2) is 4.79 Å². The molecule has 0 bridgehead atoms. The topological polar surface area (TPSA) is 96.2 Å². The van der Waals surface area contributed by atoms with Crippen molar-refractivity contribution in [2.75, 3.05) is 7.11 Å². The predicted molar refractivity (Wildman–Crippen MR) is 69.4 cm³/mol. The molecule has 20 heavy (non-hydrogen) atoms. The fourth-order valence-corrected chi connectivity index (χ4v) is 1.63. The maximum atomic E-state index is 11.9. The second-order valence-electron chi connectivity index (χ2n) is 3.89. The van der Waals surface area contributed by atoms with Crippen molar-refractivity contribution >= 4 is 5.97 Å². The van der Waals surface area contributed by atoms with Crippen molar-refractivity contribution in [1.29, 1.82) is 0 Å². The number of ether oxygens (including phenoxy) is 2. The first-order valence-electron chi connectivity index (χ1n) is 5.63. The van der Waals surface area contributed by atoms with E-state index in [9.17, 15) is 20.1 Å². The van der Waals surface area contributed by atoms with Crippen LogP contribution in [-0.4, -0.2) is 28.4 Å². The Hall–Kier alpha value is -2.89. The van der Waals surface area contributed by atoms with E-state index in [1.807, 2.05) is 0 Å². The van der Waals surface area contributed by atoms with Gasteiger partial charge in [0.2, 0.25) is 0 Å².